The second-order valence-electron chi connectivity index (χ2n) is 7.36. The lowest BCUT2D eigenvalue weighted by Crippen LogP contribution is -2.32. The standard InChI is InChI=1S/C23H23NO3/c1-16(24-11-9-19(15-24)17-5-3-2-4-6-17)13-22(26)18-7-8-23-20(14-18)21(25)10-12-27-23/h2-8,10,12,14,16,19H,9,11,13,15H2,1H3. The number of hydrogen-bond acceptors (Lipinski definition) is 4. The fourth-order valence-corrected chi connectivity index (χ4v) is 3.96. The Morgan fingerprint density at radius 2 is 2.00 bits per heavy atom. The first-order chi connectivity index (χ1) is 13.1. The summed E-state index contributed by atoms with van der Waals surface area (Å²) in [5, 5.41) is 0.460. The molecule has 4 rings (SSSR count). The van der Waals surface area contributed by atoms with E-state index in [4.69, 9.17) is 4.42 Å². The summed E-state index contributed by atoms with van der Waals surface area (Å²) in [6.07, 6.45) is 2.95. The maximum Gasteiger partial charge on any atom is 0.192 e. The van der Waals surface area contributed by atoms with E-state index < -0.39 is 0 Å². The molecular weight excluding hydrogens is 338 g/mol. The fraction of sp³-hybridized carbons (Fsp3) is 0.304. The van der Waals surface area contributed by atoms with Crippen LogP contribution >= 0.6 is 0 Å². The van der Waals surface area contributed by atoms with E-state index in [1.165, 1.54) is 17.9 Å². The largest absolute Gasteiger partial charge is 0.464 e. The van der Waals surface area contributed by atoms with Crippen LogP contribution in [0.5, 0.6) is 0 Å². The lowest BCUT2D eigenvalue weighted by atomic mass is 9.98. The van der Waals surface area contributed by atoms with Gasteiger partial charge in [0.05, 0.1) is 11.6 Å². The van der Waals surface area contributed by atoms with Crippen LogP contribution in [0.4, 0.5) is 0 Å². The minimum atomic E-state index is -0.121. The number of carbonyl (C=O) groups excluding carboxylic acids is 1. The summed E-state index contributed by atoms with van der Waals surface area (Å²) in [5.74, 6) is 0.602. The number of hydrogen-bond donors (Lipinski definition) is 0. The van der Waals surface area contributed by atoms with Gasteiger partial charge in [-0.2, -0.15) is 0 Å². The van der Waals surface area contributed by atoms with Crippen LogP contribution in [0, 0.1) is 0 Å². The maximum atomic E-state index is 12.8. The minimum absolute atomic E-state index is 0.0656. The second kappa shape index (κ2) is 7.49. The zero-order valence-corrected chi connectivity index (χ0v) is 15.4. The Bertz CT molecular complexity index is 1010. The van der Waals surface area contributed by atoms with Crippen molar-refractivity contribution in [3.05, 3.63) is 82.2 Å². The molecule has 1 saturated heterocycles. The molecule has 0 amide bonds. The molecule has 2 unspecified atom stereocenters. The lowest BCUT2D eigenvalue weighted by molar-refractivity contribution is 0.0940. The zero-order chi connectivity index (χ0) is 18.8. The normalized spacial score (nSPS) is 18.6. The van der Waals surface area contributed by atoms with Gasteiger partial charge in [0.1, 0.15) is 5.58 Å². The number of fused-ring (bicyclic) bond motifs is 1. The molecule has 1 aromatic heterocycles. The Balaban J connectivity index is 1.44. The second-order valence-corrected chi connectivity index (χ2v) is 7.36. The van der Waals surface area contributed by atoms with E-state index >= 15 is 0 Å². The monoisotopic (exact) mass is 361 g/mol. The smallest absolute Gasteiger partial charge is 0.192 e. The highest BCUT2D eigenvalue weighted by Gasteiger charge is 2.28. The Morgan fingerprint density at radius 3 is 2.81 bits per heavy atom. The van der Waals surface area contributed by atoms with Crippen molar-refractivity contribution < 1.29 is 9.21 Å². The molecule has 27 heavy (non-hydrogen) atoms. The number of Topliss-reactive ketones (excluding diaryl/α,β-unsaturated/α-hetero) is 1. The average molecular weight is 361 g/mol. The maximum absolute atomic E-state index is 12.8. The van der Waals surface area contributed by atoms with Gasteiger partial charge in [-0.15, -0.1) is 0 Å². The van der Waals surface area contributed by atoms with Gasteiger partial charge in [0, 0.05) is 30.6 Å². The summed E-state index contributed by atoms with van der Waals surface area (Å²) in [6, 6.07) is 17.3. The summed E-state index contributed by atoms with van der Waals surface area (Å²) in [4.78, 5) is 27.1. The molecule has 2 heterocycles. The number of carbonyl (C=O) groups is 1. The van der Waals surface area contributed by atoms with Crippen LogP contribution in [-0.2, 0) is 0 Å². The highest BCUT2D eigenvalue weighted by Crippen LogP contribution is 2.29. The molecule has 4 heteroatoms. The highest BCUT2D eigenvalue weighted by molar-refractivity contribution is 5.99. The molecule has 2 atom stereocenters. The van der Waals surface area contributed by atoms with Crippen molar-refractivity contribution in [2.24, 2.45) is 0 Å². The molecule has 1 fully saturated rings. The van der Waals surface area contributed by atoms with E-state index in [0.29, 0.717) is 28.9 Å². The van der Waals surface area contributed by atoms with Gasteiger partial charge in [-0.1, -0.05) is 30.3 Å². The van der Waals surface area contributed by atoms with Gasteiger partial charge in [0.2, 0.25) is 0 Å². The van der Waals surface area contributed by atoms with Gasteiger partial charge < -0.3 is 4.42 Å². The molecule has 0 spiro atoms. The first kappa shape index (κ1) is 17.7. The van der Waals surface area contributed by atoms with E-state index in [1.54, 1.807) is 18.2 Å². The van der Waals surface area contributed by atoms with Crippen molar-refractivity contribution >= 4 is 16.8 Å². The molecule has 0 bridgehead atoms. The van der Waals surface area contributed by atoms with Crippen molar-refractivity contribution in [1.82, 2.24) is 4.90 Å². The summed E-state index contributed by atoms with van der Waals surface area (Å²) in [7, 11) is 0. The summed E-state index contributed by atoms with van der Waals surface area (Å²) >= 11 is 0. The van der Waals surface area contributed by atoms with Crippen molar-refractivity contribution in [3.63, 3.8) is 0 Å². The Hall–Kier alpha value is -2.72. The highest BCUT2D eigenvalue weighted by atomic mass is 16.3. The molecule has 138 valence electrons. The fourth-order valence-electron chi connectivity index (χ4n) is 3.96. The number of nitrogens with zero attached hydrogens (tertiary/aromatic N) is 1. The molecule has 0 radical (unpaired) electrons. The van der Waals surface area contributed by atoms with E-state index in [2.05, 4.69) is 36.1 Å². The molecule has 0 aliphatic carbocycles. The SMILES string of the molecule is CC(CC(=O)c1ccc2occc(=O)c2c1)N1CCC(c2ccccc2)C1. The predicted molar refractivity (Wildman–Crippen MR) is 106 cm³/mol. The number of likely N-dealkylation sites (tertiary alicyclic amines) is 1. The molecule has 1 aliphatic heterocycles. The van der Waals surface area contributed by atoms with Crippen LogP contribution < -0.4 is 5.43 Å². The van der Waals surface area contributed by atoms with Gasteiger partial charge in [0.25, 0.3) is 0 Å². The van der Waals surface area contributed by atoms with E-state index in [9.17, 15) is 9.59 Å². The summed E-state index contributed by atoms with van der Waals surface area (Å²) in [6.45, 7) is 4.11. The van der Waals surface area contributed by atoms with Crippen LogP contribution in [-0.4, -0.2) is 29.8 Å². The van der Waals surface area contributed by atoms with Gasteiger partial charge in [0.15, 0.2) is 11.2 Å². The third-order valence-corrected chi connectivity index (χ3v) is 5.58. The molecule has 3 aromatic rings. The van der Waals surface area contributed by atoms with Gasteiger partial charge in [-0.05, 0) is 49.6 Å². The van der Waals surface area contributed by atoms with Crippen molar-refractivity contribution in [1.29, 1.82) is 0 Å². The first-order valence-corrected chi connectivity index (χ1v) is 9.45. The quantitative estimate of drug-likeness (QED) is 0.638. The third-order valence-electron chi connectivity index (χ3n) is 5.58. The van der Waals surface area contributed by atoms with Gasteiger partial charge >= 0.3 is 0 Å². The molecule has 2 aromatic carbocycles. The Kier molecular flexibility index (Phi) is 4.90. The molecule has 0 saturated carbocycles. The summed E-state index contributed by atoms with van der Waals surface area (Å²) < 4.78 is 5.32. The van der Waals surface area contributed by atoms with Crippen molar-refractivity contribution in [2.75, 3.05) is 13.1 Å². The van der Waals surface area contributed by atoms with Crippen molar-refractivity contribution in [2.45, 2.75) is 31.7 Å². The van der Waals surface area contributed by atoms with E-state index in [0.717, 1.165) is 19.5 Å². The molecule has 1 aliphatic rings. The molecule has 0 N–H and O–H groups in total. The van der Waals surface area contributed by atoms with E-state index in [-0.39, 0.29) is 17.3 Å². The number of rotatable bonds is 5. The molecule has 4 nitrogen and oxygen atoms in total. The Morgan fingerprint density at radius 1 is 1.19 bits per heavy atom. The third kappa shape index (κ3) is 3.71. The minimum Gasteiger partial charge on any atom is -0.464 e. The lowest BCUT2D eigenvalue weighted by Gasteiger charge is -2.24. The first-order valence-electron chi connectivity index (χ1n) is 9.45. The van der Waals surface area contributed by atoms with Crippen LogP contribution in [0.3, 0.4) is 0 Å². The predicted octanol–water partition coefficient (Wildman–Crippen LogP) is 4.24. The van der Waals surface area contributed by atoms with Crippen LogP contribution in [0.1, 0.15) is 41.6 Å². The van der Waals surface area contributed by atoms with Gasteiger partial charge in [-0.3, -0.25) is 14.5 Å². The Labute approximate surface area is 158 Å². The number of benzene rings is 2. The van der Waals surface area contributed by atoms with Gasteiger partial charge in [-0.25, -0.2) is 0 Å². The number of ketones is 1. The zero-order valence-electron chi connectivity index (χ0n) is 15.4. The average Bonchev–Trinajstić information content (AvgIpc) is 3.19. The van der Waals surface area contributed by atoms with Crippen LogP contribution in [0.2, 0.25) is 0 Å². The van der Waals surface area contributed by atoms with Crippen molar-refractivity contribution in [3.8, 4) is 0 Å². The van der Waals surface area contributed by atoms with Crippen LogP contribution in [0.15, 0.2) is 70.1 Å². The van der Waals surface area contributed by atoms with Crippen LogP contribution in [0.25, 0.3) is 11.0 Å². The molecular formula is C23H23NO3. The summed E-state index contributed by atoms with van der Waals surface area (Å²) in [5.41, 5.74) is 2.34. The van der Waals surface area contributed by atoms with E-state index in [1.807, 2.05) is 6.07 Å². The topological polar surface area (TPSA) is 50.5 Å².